The predicted molar refractivity (Wildman–Crippen MR) is 114 cm³/mol. The van der Waals surface area contributed by atoms with Crippen LogP contribution in [0.4, 0.5) is 5.69 Å². The molecule has 3 N–H and O–H groups in total. The summed E-state index contributed by atoms with van der Waals surface area (Å²) in [6, 6.07) is 15.0. The molecule has 0 saturated heterocycles. The first-order chi connectivity index (χ1) is 13.5. The first-order valence-electron chi connectivity index (χ1n) is 9.23. The fraction of sp³-hybridized carbons (Fsp3) is 0.333. The van der Waals surface area contributed by atoms with Gasteiger partial charge in [-0.25, -0.2) is 0 Å². The van der Waals surface area contributed by atoms with Crippen LogP contribution in [0.2, 0.25) is 0 Å². The van der Waals surface area contributed by atoms with E-state index >= 15 is 0 Å². The summed E-state index contributed by atoms with van der Waals surface area (Å²) >= 11 is 1.57. The minimum absolute atomic E-state index is 0.0830. The normalized spacial score (nSPS) is 18.9. The van der Waals surface area contributed by atoms with Crippen molar-refractivity contribution in [1.82, 2.24) is 0 Å². The first-order valence-corrected chi connectivity index (χ1v) is 10.2. The molecule has 0 aliphatic carbocycles. The Morgan fingerprint density at radius 1 is 1.21 bits per heavy atom. The molecule has 2 aromatic carbocycles. The molecule has 148 valence electrons. The molecule has 28 heavy (non-hydrogen) atoms. The summed E-state index contributed by atoms with van der Waals surface area (Å²) < 4.78 is 11.1. The van der Waals surface area contributed by atoms with Crippen LogP contribution in [0.1, 0.15) is 25.8 Å². The molecule has 1 heterocycles. The van der Waals surface area contributed by atoms with Crippen molar-refractivity contribution in [1.29, 1.82) is 0 Å². The number of aliphatic imine (C=N–C) groups is 1. The van der Waals surface area contributed by atoms with Gasteiger partial charge in [-0.2, -0.15) is 0 Å². The number of nitrogens with one attached hydrogen (secondary N) is 1. The molecule has 3 rings (SSSR count). The molecule has 6 nitrogen and oxygen atoms in total. The van der Waals surface area contributed by atoms with Gasteiger partial charge < -0.3 is 20.5 Å². The Kier molecular flexibility index (Phi) is 6.46. The number of ether oxygens (including phenoxy) is 2. The number of carbonyl (C=O) groups excluding carboxylic acids is 1. The molecule has 1 amide bonds. The Morgan fingerprint density at radius 2 is 1.96 bits per heavy atom. The van der Waals surface area contributed by atoms with E-state index in [0.29, 0.717) is 29.0 Å². The molecular weight excluding hydrogens is 374 g/mol. The summed E-state index contributed by atoms with van der Waals surface area (Å²) in [5.74, 6) is 2.04. The molecule has 1 aliphatic rings. The summed E-state index contributed by atoms with van der Waals surface area (Å²) in [5, 5.41) is 3.42. The maximum absolute atomic E-state index is 12.2. The molecule has 0 spiro atoms. The van der Waals surface area contributed by atoms with Crippen molar-refractivity contribution in [3.8, 4) is 11.5 Å². The van der Waals surface area contributed by atoms with Gasteiger partial charge in [-0.1, -0.05) is 30.0 Å². The van der Waals surface area contributed by atoms with Crippen LogP contribution in [0.25, 0.3) is 0 Å². The van der Waals surface area contributed by atoms with Crippen molar-refractivity contribution in [2.24, 2.45) is 10.7 Å². The van der Waals surface area contributed by atoms with Gasteiger partial charge in [-0.05, 0) is 50.1 Å². The summed E-state index contributed by atoms with van der Waals surface area (Å²) in [4.78, 5) is 16.8. The van der Waals surface area contributed by atoms with Crippen molar-refractivity contribution in [3.63, 3.8) is 0 Å². The van der Waals surface area contributed by atoms with E-state index in [1.165, 1.54) is 0 Å². The van der Waals surface area contributed by atoms with Crippen LogP contribution in [-0.2, 0) is 10.3 Å². The number of thioether (sulfide) groups is 1. The van der Waals surface area contributed by atoms with Crippen LogP contribution < -0.4 is 20.5 Å². The molecule has 0 saturated carbocycles. The van der Waals surface area contributed by atoms with Crippen LogP contribution in [-0.4, -0.2) is 30.0 Å². The second-order valence-electron chi connectivity index (χ2n) is 6.65. The van der Waals surface area contributed by atoms with E-state index in [1.807, 2.05) is 49.4 Å². The van der Waals surface area contributed by atoms with Crippen LogP contribution in [0.15, 0.2) is 53.5 Å². The van der Waals surface area contributed by atoms with Gasteiger partial charge in [0.25, 0.3) is 5.91 Å². The van der Waals surface area contributed by atoms with Gasteiger partial charge >= 0.3 is 0 Å². The summed E-state index contributed by atoms with van der Waals surface area (Å²) in [6.07, 6.45) is 0.901. The lowest BCUT2D eigenvalue weighted by atomic mass is 9.90. The van der Waals surface area contributed by atoms with Crippen molar-refractivity contribution in [2.75, 3.05) is 24.3 Å². The molecule has 0 fully saturated rings. The van der Waals surface area contributed by atoms with E-state index in [9.17, 15) is 4.79 Å². The van der Waals surface area contributed by atoms with Crippen LogP contribution in [0.3, 0.4) is 0 Å². The maximum atomic E-state index is 12.2. The minimum Gasteiger partial charge on any atom is -0.494 e. The SMILES string of the molecule is CCOc1cccc(NC(=O)COc2cccc(C3(C)CCSC(N)=N3)c2)c1. The molecule has 0 radical (unpaired) electrons. The average Bonchev–Trinajstić information content (AvgIpc) is 2.67. The average molecular weight is 400 g/mol. The van der Waals surface area contributed by atoms with E-state index in [0.717, 1.165) is 17.7 Å². The fourth-order valence-electron chi connectivity index (χ4n) is 2.99. The molecule has 1 unspecified atom stereocenters. The molecule has 1 aliphatic heterocycles. The highest BCUT2D eigenvalue weighted by atomic mass is 32.2. The third-order valence-corrected chi connectivity index (χ3v) is 5.25. The number of nitrogens with two attached hydrogens (primary N) is 1. The second-order valence-corrected chi connectivity index (χ2v) is 7.76. The zero-order chi connectivity index (χ0) is 20.0. The lowest BCUT2D eigenvalue weighted by molar-refractivity contribution is -0.118. The van der Waals surface area contributed by atoms with E-state index in [-0.39, 0.29) is 18.1 Å². The van der Waals surface area contributed by atoms with Crippen LogP contribution in [0, 0.1) is 0 Å². The quantitative estimate of drug-likeness (QED) is 0.740. The van der Waals surface area contributed by atoms with Gasteiger partial charge in [0.2, 0.25) is 0 Å². The standard InChI is InChI=1S/C21H25N3O3S/c1-3-26-18-9-5-7-16(13-18)23-19(25)14-27-17-8-4-6-15(12-17)21(2)10-11-28-20(22)24-21/h4-9,12-13H,3,10-11,14H2,1-2H3,(H2,22,24)(H,23,25). The summed E-state index contributed by atoms with van der Waals surface area (Å²) in [7, 11) is 0. The first kappa shape index (κ1) is 20.1. The van der Waals surface area contributed by atoms with Crippen molar-refractivity contribution in [3.05, 3.63) is 54.1 Å². The highest BCUT2D eigenvalue weighted by molar-refractivity contribution is 8.13. The number of rotatable bonds is 7. The zero-order valence-electron chi connectivity index (χ0n) is 16.1. The largest absolute Gasteiger partial charge is 0.494 e. The lowest BCUT2D eigenvalue weighted by Crippen LogP contribution is -2.28. The predicted octanol–water partition coefficient (Wildman–Crippen LogP) is 3.77. The molecule has 7 heteroatoms. The number of hydrogen-bond donors (Lipinski definition) is 2. The van der Waals surface area contributed by atoms with Crippen LogP contribution in [0.5, 0.6) is 11.5 Å². The number of benzene rings is 2. The van der Waals surface area contributed by atoms with E-state index < -0.39 is 0 Å². The van der Waals surface area contributed by atoms with Crippen molar-refractivity contribution < 1.29 is 14.3 Å². The molecule has 2 aromatic rings. The molecule has 0 bridgehead atoms. The Bertz CT molecular complexity index is 871. The summed E-state index contributed by atoms with van der Waals surface area (Å²) in [6.45, 7) is 4.47. The smallest absolute Gasteiger partial charge is 0.262 e. The highest BCUT2D eigenvalue weighted by Gasteiger charge is 2.29. The minimum atomic E-state index is -0.364. The lowest BCUT2D eigenvalue weighted by Gasteiger charge is -2.30. The molecule has 1 atom stereocenters. The third kappa shape index (κ3) is 5.19. The van der Waals surface area contributed by atoms with Gasteiger partial charge in [0.15, 0.2) is 11.8 Å². The van der Waals surface area contributed by atoms with Crippen LogP contribution >= 0.6 is 11.8 Å². The van der Waals surface area contributed by atoms with Crippen molar-refractivity contribution in [2.45, 2.75) is 25.8 Å². The van der Waals surface area contributed by atoms with Crippen molar-refractivity contribution >= 4 is 28.5 Å². The maximum Gasteiger partial charge on any atom is 0.262 e. The monoisotopic (exact) mass is 399 g/mol. The van der Waals surface area contributed by atoms with E-state index in [2.05, 4.69) is 17.2 Å². The van der Waals surface area contributed by atoms with Gasteiger partial charge in [0.05, 0.1) is 12.1 Å². The fourth-order valence-corrected chi connectivity index (χ4v) is 3.97. The summed E-state index contributed by atoms with van der Waals surface area (Å²) in [5.41, 5.74) is 7.24. The van der Waals surface area contributed by atoms with Gasteiger partial charge in [-0.15, -0.1) is 0 Å². The van der Waals surface area contributed by atoms with E-state index in [4.69, 9.17) is 15.2 Å². The van der Waals surface area contributed by atoms with E-state index in [1.54, 1.807) is 17.8 Å². The van der Waals surface area contributed by atoms with Gasteiger partial charge in [0.1, 0.15) is 11.5 Å². The Hall–Kier alpha value is -2.67. The number of amidine groups is 1. The Labute approximate surface area is 169 Å². The Morgan fingerprint density at radius 3 is 2.71 bits per heavy atom. The third-order valence-electron chi connectivity index (χ3n) is 4.45. The Balaban J connectivity index is 1.61. The van der Waals surface area contributed by atoms with Gasteiger partial charge in [0, 0.05) is 17.5 Å². The zero-order valence-corrected chi connectivity index (χ0v) is 16.9. The number of anilines is 1. The topological polar surface area (TPSA) is 85.9 Å². The number of amides is 1. The highest BCUT2D eigenvalue weighted by Crippen LogP contribution is 2.36. The van der Waals surface area contributed by atoms with Gasteiger partial charge in [-0.3, -0.25) is 9.79 Å². The molecular formula is C21H25N3O3S. The second kappa shape index (κ2) is 9.01. The molecule has 0 aromatic heterocycles. The number of nitrogens with zero attached hydrogens (tertiary/aromatic N) is 1. The number of carbonyl (C=O) groups is 1. The number of hydrogen-bond acceptors (Lipinski definition) is 6.